The number of halogens is 2. The molecular formula is C22H30F2N6O2. The van der Waals surface area contributed by atoms with Crippen molar-refractivity contribution in [3.63, 3.8) is 0 Å². The van der Waals surface area contributed by atoms with Crippen molar-refractivity contribution < 1.29 is 18.6 Å². The number of aliphatic hydroxyl groups excluding tert-OH is 1. The number of benzene rings is 1. The predicted molar refractivity (Wildman–Crippen MR) is 119 cm³/mol. The van der Waals surface area contributed by atoms with Crippen LogP contribution in [0, 0.1) is 6.92 Å². The maximum absolute atomic E-state index is 12.5. The predicted octanol–water partition coefficient (Wildman–Crippen LogP) is 3.26. The van der Waals surface area contributed by atoms with Crippen molar-refractivity contribution >= 4 is 22.5 Å². The summed E-state index contributed by atoms with van der Waals surface area (Å²) < 4.78 is 35.0. The molecule has 0 saturated heterocycles. The third-order valence-corrected chi connectivity index (χ3v) is 6.06. The zero-order chi connectivity index (χ0) is 22.8. The second kappa shape index (κ2) is 9.41. The summed E-state index contributed by atoms with van der Waals surface area (Å²) in [6, 6.07) is 6.03. The Bertz CT molecular complexity index is 1040. The van der Waals surface area contributed by atoms with E-state index >= 15 is 0 Å². The lowest BCUT2D eigenvalue weighted by molar-refractivity contribution is -0.00585. The molecule has 3 N–H and O–H groups in total. The van der Waals surface area contributed by atoms with Crippen LogP contribution in [0.4, 0.5) is 20.3 Å². The van der Waals surface area contributed by atoms with Gasteiger partial charge in [0.1, 0.15) is 17.4 Å². The summed E-state index contributed by atoms with van der Waals surface area (Å²) in [5.74, 6) is 1.49. The van der Waals surface area contributed by atoms with Crippen LogP contribution in [0.2, 0.25) is 0 Å². The van der Waals surface area contributed by atoms with E-state index in [0.29, 0.717) is 0 Å². The first-order valence-corrected chi connectivity index (χ1v) is 10.9. The standard InChI is InChI=1S/C22H30F2N6O2/c1-13-8-20(28-30(13)3)27-17-9-16(10-18-21(17)26-12-29(18)2)32-15-6-4-14(5-7-15)25-11-19(31)22(23)24/h8-10,12,14-15,19,22,25,31H,4-7,11H2,1-3H3,(H,27,28). The van der Waals surface area contributed by atoms with Crippen molar-refractivity contribution in [3.8, 4) is 5.75 Å². The molecule has 1 aromatic carbocycles. The molecule has 32 heavy (non-hydrogen) atoms. The van der Waals surface area contributed by atoms with E-state index in [2.05, 4.69) is 20.7 Å². The number of aromatic nitrogens is 4. The van der Waals surface area contributed by atoms with Gasteiger partial charge < -0.3 is 25.0 Å². The molecule has 4 rings (SSSR count). The molecule has 8 nitrogen and oxygen atoms in total. The molecule has 2 aromatic heterocycles. The molecule has 174 valence electrons. The Kier molecular flexibility index (Phi) is 6.61. The van der Waals surface area contributed by atoms with E-state index < -0.39 is 12.5 Å². The number of alkyl halides is 2. The summed E-state index contributed by atoms with van der Waals surface area (Å²) in [4.78, 5) is 4.52. The number of nitrogens with zero attached hydrogens (tertiary/aromatic N) is 4. The molecule has 0 aliphatic heterocycles. The van der Waals surface area contributed by atoms with Crippen LogP contribution in [0.25, 0.3) is 11.0 Å². The summed E-state index contributed by atoms with van der Waals surface area (Å²) in [5, 5.41) is 20.2. The molecule has 0 amide bonds. The molecule has 1 fully saturated rings. The van der Waals surface area contributed by atoms with Crippen molar-refractivity contribution in [2.24, 2.45) is 14.1 Å². The monoisotopic (exact) mass is 448 g/mol. The van der Waals surface area contributed by atoms with Crippen molar-refractivity contribution in [1.82, 2.24) is 24.6 Å². The van der Waals surface area contributed by atoms with Gasteiger partial charge in [0, 0.05) is 50.6 Å². The highest BCUT2D eigenvalue weighted by molar-refractivity contribution is 5.91. The first-order chi connectivity index (χ1) is 15.3. The Morgan fingerprint density at radius 1 is 1.19 bits per heavy atom. The smallest absolute Gasteiger partial charge is 0.265 e. The minimum absolute atomic E-state index is 0.0451. The summed E-state index contributed by atoms with van der Waals surface area (Å²) in [6.45, 7) is 1.90. The topological polar surface area (TPSA) is 89.2 Å². The average Bonchev–Trinajstić information content (AvgIpc) is 3.28. The van der Waals surface area contributed by atoms with E-state index in [4.69, 9.17) is 4.74 Å². The summed E-state index contributed by atoms with van der Waals surface area (Å²) in [5.41, 5.74) is 3.67. The number of hydrogen-bond donors (Lipinski definition) is 3. The number of hydrogen-bond acceptors (Lipinski definition) is 6. The van der Waals surface area contributed by atoms with Crippen molar-refractivity contribution in [2.75, 3.05) is 11.9 Å². The number of ether oxygens (including phenoxy) is 1. The summed E-state index contributed by atoms with van der Waals surface area (Å²) in [7, 11) is 3.84. The fourth-order valence-corrected chi connectivity index (χ4v) is 4.08. The molecule has 1 saturated carbocycles. The highest BCUT2D eigenvalue weighted by atomic mass is 19.3. The highest BCUT2D eigenvalue weighted by Gasteiger charge is 2.25. The lowest BCUT2D eigenvalue weighted by Crippen LogP contribution is -2.41. The van der Waals surface area contributed by atoms with Gasteiger partial charge in [-0.2, -0.15) is 5.10 Å². The van der Waals surface area contributed by atoms with Crippen molar-refractivity contribution in [1.29, 1.82) is 0 Å². The zero-order valence-electron chi connectivity index (χ0n) is 18.6. The molecule has 2 heterocycles. The van der Waals surface area contributed by atoms with E-state index in [-0.39, 0.29) is 18.7 Å². The number of fused-ring (bicyclic) bond motifs is 1. The van der Waals surface area contributed by atoms with E-state index in [0.717, 1.165) is 59.7 Å². The summed E-state index contributed by atoms with van der Waals surface area (Å²) in [6.07, 6.45) is 0.727. The van der Waals surface area contributed by atoms with Gasteiger partial charge in [-0.05, 0) is 32.6 Å². The van der Waals surface area contributed by atoms with Crippen LogP contribution in [0.5, 0.6) is 5.75 Å². The second-order valence-electron chi connectivity index (χ2n) is 8.52. The van der Waals surface area contributed by atoms with Gasteiger partial charge in [-0.1, -0.05) is 0 Å². The Morgan fingerprint density at radius 2 is 1.94 bits per heavy atom. The Labute approximate surface area is 185 Å². The first kappa shape index (κ1) is 22.5. The maximum atomic E-state index is 12.5. The van der Waals surface area contributed by atoms with E-state index in [1.54, 1.807) is 6.33 Å². The fraction of sp³-hybridized carbons (Fsp3) is 0.545. The van der Waals surface area contributed by atoms with Crippen LogP contribution in [0.1, 0.15) is 31.4 Å². The maximum Gasteiger partial charge on any atom is 0.265 e. The molecule has 0 radical (unpaired) electrons. The fourth-order valence-electron chi connectivity index (χ4n) is 4.08. The average molecular weight is 449 g/mol. The van der Waals surface area contributed by atoms with Crippen molar-refractivity contribution in [2.45, 2.75) is 57.3 Å². The highest BCUT2D eigenvalue weighted by Crippen LogP contribution is 2.32. The third kappa shape index (κ3) is 5.02. The van der Waals surface area contributed by atoms with Crippen LogP contribution in [-0.2, 0) is 14.1 Å². The van der Waals surface area contributed by atoms with Gasteiger partial charge in [-0.15, -0.1) is 0 Å². The van der Waals surface area contributed by atoms with Crippen LogP contribution in [0.3, 0.4) is 0 Å². The van der Waals surface area contributed by atoms with Gasteiger partial charge in [0.25, 0.3) is 6.43 Å². The van der Waals surface area contributed by atoms with Gasteiger partial charge in [-0.3, -0.25) is 4.68 Å². The molecule has 0 bridgehead atoms. The number of rotatable bonds is 8. The number of aliphatic hydroxyl groups is 1. The third-order valence-electron chi connectivity index (χ3n) is 6.06. The second-order valence-corrected chi connectivity index (χ2v) is 8.52. The zero-order valence-corrected chi connectivity index (χ0v) is 18.6. The van der Waals surface area contributed by atoms with Crippen molar-refractivity contribution in [3.05, 3.63) is 30.2 Å². The largest absolute Gasteiger partial charge is 0.490 e. The van der Waals surface area contributed by atoms with Gasteiger partial charge in [0.2, 0.25) is 0 Å². The lowest BCUT2D eigenvalue weighted by atomic mass is 9.93. The number of anilines is 2. The van der Waals surface area contributed by atoms with Gasteiger partial charge >= 0.3 is 0 Å². The van der Waals surface area contributed by atoms with E-state index in [1.807, 2.05) is 48.5 Å². The van der Waals surface area contributed by atoms with Gasteiger partial charge in [0.15, 0.2) is 5.82 Å². The Hall–Kier alpha value is -2.72. The van der Waals surface area contributed by atoms with Crippen LogP contribution in [-0.4, -0.2) is 55.7 Å². The summed E-state index contributed by atoms with van der Waals surface area (Å²) >= 11 is 0. The minimum atomic E-state index is -2.72. The number of nitrogens with one attached hydrogen (secondary N) is 2. The van der Waals surface area contributed by atoms with Crippen LogP contribution >= 0.6 is 0 Å². The van der Waals surface area contributed by atoms with Crippen LogP contribution < -0.4 is 15.4 Å². The lowest BCUT2D eigenvalue weighted by Gasteiger charge is -2.30. The van der Waals surface area contributed by atoms with E-state index in [9.17, 15) is 13.9 Å². The molecule has 1 aliphatic rings. The molecule has 10 heteroatoms. The molecule has 1 atom stereocenters. The molecule has 1 unspecified atom stereocenters. The Morgan fingerprint density at radius 3 is 2.59 bits per heavy atom. The molecule has 0 spiro atoms. The molecule has 1 aliphatic carbocycles. The van der Waals surface area contributed by atoms with Gasteiger partial charge in [0.05, 0.1) is 23.6 Å². The number of imidazole rings is 1. The first-order valence-electron chi connectivity index (χ1n) is 10.9. The minimum Gasteiger partial charge on any atom is -0.490 e. The Balaban J connectivity index is 1.43. The van der Waals surface area contributed by atoms with Gasteiger partial charge in [-0.25, -0.2) is 13.8 Å². The number of aryl methyl sites for hydroxylation is 3. The normalized spacial score (nSPS) is 20.1. The van der Waals surface area contributed by atoms with E-state index in [1.165, 1.54) is 0 Å². The molecule has 3 aromatic rings. The van der Waals surface area contributed by atoms with Crippen LogP contribution in [0.15, 0.2) is 24.5 Å². The SMILES string of the molecule is Cc1cc(Nc2cc(OC3CCC(NCC(O)C(F)F)CC3)cc3c2ncn3C)nn1C. The molecular weight excluding hydrogens is 418 g/mol. The quantitative estimate of drug-likeness (QED) is 0.490.